The highest BCUT2D eigenvalue weighted by Crippen LogP contribution is 2.40. The van der Waals surface area contributed by atoms with E-state index in [1.807, 2.05) is 11.1 Å². The Labute approximate surface area is 176 Å². The van der Waals surface area contributed by atoms with Gasteiger partial charge in [-0.1, -0.05) is 12.1 Å². The average molecular weight is 410 g/mol. The van der Waals surface area contributed by atoms with Crippen molar-refractivity contribution in [3.8, 4) is 11.1 Å². The SMILES string of the molecule is CC1COCCN1CCN1C(=O)CSc2ccc(-c3ccc(C4CC4)nc3)cc21. The predicted octanol–water partition coefficient (Wildman–Crippen LogP) is 3.79. The molecule has 3 heterocycles. The van der Waals surface area contributed by atoms with Crippen LogP contribution in [0, 0.1) is 0 Å². The number of amides is 1. The first-order valence-corrected chi connectivity index (χ1v) is 11.5. The number of fused-ring (bicyclic) bond motifs is 1. The summed E-state index contributed by atoms with van der Waals surface area (Å²) in [5, 5.41) is 0. The molecule has 5 rings (SSSR count). The lowest BCUT2D eigenvalue weighted by molar-refractivity contribution is -0.116. The van der Waals surface area contributed by atoms with Gasteiger partial charge in [-0.2, -0.15) is 0 Å². The molecule has 29 heavy (non-hydrogen) atoms. The molecule has 1 amide bonds. The van der Waals surface area contributed by atoms with Crippen molar-refractivity contribution < 1.29 is 9.53 Å². The Hall–Kier alpha value is -1.89. The van der Waals surface area contributed by atoms with Gasteiger partial charge in [-0.05, 0) is 43.5 Å². The number of carbonyl (C=O) groups excluding carboxylic acids is 1. The van der Waals surface area contributed by atoms with Crippen LogP contribution in [0.25, 0.3) is 11.1 Å². The van der Waals surface area contributed by atoms with Gasteiger partial charge in [0.05, 0.1) is 24.7 Å². The normalized spacial score (nSPS) is 22.6. The molecule has 1 aliphatic carbocycles. The molecule has 0 N–H and O–H groups in total. The second-order valence-electron chi connectivity index (χ2n) is 8.22. The van der Waals surface area contributed by atoms with Crippen molar-refractivity contribution in [2.75, 3.05) is 43.5 Å². The molecule has 0 spiro atoms. The van der Waals surface area contributed by atoms with Crippen molar-refractivity contribution in [1.29, 1.82) is 0 Å². The number of morpholine rings is 1. The van der Waals surface area contributed by atoms with E-state index in [0.29, 0.717) is 17.7 Å². The number of hydrogen-bond donors (Lipinski definition) is 0. The van der Waals surface area contributed by atoms with Gasteiger partial charge in [0.2, 0.25) is 5.91 Å². The summed E-state index contributed by atoms with van der Waals surface area (Å²) < 4.78 is 5.54. The molecule has 1 atom stereocenters. The highest BCUT2D eigenvalue weighted by Gasteiger charge is 2.27. The van der Waals surface area contributed by atoms with E-state index >= 15 is 0 Å². The minimum Gasteiger partial charge on any atom is -0.379 e. The Bertz CT molecular complexity index is 897. The summed E-state index contributed by atoms with van der Waals surface area (Å²) in [6.45, 7) is 6.27. The van der Waals surface area contributed by atoms with Crippen LogP contribution >= 0.6 is 11.8 Å². The number of benzene rings is 1. The second kappa shape index (κ2) is 8.09. The third-order valence-electron chi connectivity index (χ3n) is 6.13. The number of thioether (sulfide) groups is 1. The molecule has 1 unspecified atom stereocenters. The summed E-state index contributed by atoms with van der Waals surface area (Å²) in [7, 11) is 0. The van der Waals surface area contributed by atoms with Crippen molar-refractivity contribution >= 4 is 23.4 Å². The fourth-order valence-corrected chi connectivity index (χ4v) is 5.06. The Kier molecular flexibility index (Phi) is 5.33. The van der Waals surface area contributed by atoms with E-state index in [1.54, 1.807) is 11.8 Å². The topological polar surface area (TPSA) is 45.7 Å². The Morgan fingerprint density at radius 3 is 2.79 bits per heavy atom. The van der Waals surface area contributed by atoms with Gasteiger partial charge in [0.15, 0.2) is 0 Å². The van der Waals surface area contributed by atoms with Gasteiger partial charge in [-0.3, -0.25) is 14.7 Å². The van der Waals surface area contributed by atoms with E-state index in [0.717, 1.165) is 49.7 Å². The molecular formula is C23H27N3O2S. The molecule has 1 saturated carbocycles. The summed E-state index contributed by atoms with van der Waals surface area (Å²) in [5.41, 5.74) is 4.48. The molecular weight excluding hydrogens is 382 g/mol. The van der Waals surface area contributed by atoms with Crippen LogP contribution in [0.15, 0.2) is 41.4 Å². The summed E-state index contributed by atoms with van der Waals surface area (Å²) in [6.07, 6.45) is 4.51. The van der Waals surface area contributed by atoms with Crippen molar-refractivity contribution in [3.63, 3.8) is 0 Å². The van der Waals surface area contributed by atoms with Crippen LogP contribution in [0.5, 0.6) is 0 Å². The lowest BCUT2D eigenvalue weighted by Crippen LogP contribution is -2.48. The third-order valence-corrected chi connectivity index (χ3v) is 7.18. The summed E-state index contributed by atoms with van der Waals surface area (Å²) >= 11 is 1.64. The van der Waals surface area contributed by atoms with Crippen LogP contribution in [0.3, 0.4) is 0 Å². The minimum atomic E-state index is 0.197. The highest BCUT2D eigenvalue weighted by atomic mass is 32.2. The van der Waals surface area contributed by atoms with Gasteiger partial charge < -0.3 is 9.64 Å². The van der Waals surface area contributed by atoms with E-state index in [9.17, 15) is 4.79 Å². The van der Waals surface area contributed by atoms with Gasteiger partial charge in [0.25, 0.3) is 0 Å². The van der Waals surface area contributed by atoms with Gasteiger partial charge >= 0.3 is 0 Å². The average Bonchev–Trinajstić information content (AvgIpc) is 3.59. The zero-order valence-corrected chi connectivity index (χ0v) is 17.7. The molecule has 0 radical (unpaired) electrons. The maximum absolute atomic E-state index is 12.7. The van der Waals surface area contributed by atoms with Crippen LogP contribution in [0.1, 0.15) is 31.4 Å². The summed E-state index contributed by atoms with van der Waals surface area (Å²) in [5.74, 6) is 1.38. The van der Waals surface area contributed by atoms with E-state index < -0.39 is 0 Å². The zero-order valence-electron chi connectivity index (χ0n) is 16.8. The number of rotatable bonds is 5. The number of pyridine rings is 1. The Morgan fingerprint density at radius 2 is 2.03 bits per heavy atom. The molecule has 6 heteroatoms. The van der Waals surface area contributed by atoms with E-state index in [1.165, 1.54) is 23.4 Å². The molecule has 2 aliphatic heterocycles. The first-order chi connectivity index (χ1) is 14.2. The molecule has 0 bridgehead atoms. The number of ether oxygens (including phenoxy) is 1. The molecule has 1 aromatic carbocycles. The molecule has 2 aromatic rings. The lowest BCUT2D eigenvalue weighted by Gasteiger charge is -2.36. The van der Waals surface area contributed by atoms with Gasteiger partial charge in [-0.25, -0.2) is 0 Å². The van der Waals surface area contributed by atoms with Crippen LogP contribution in [-0.4, -0.2) is 60.4 Å². The highest BCUT2D eigenvalue weighted by molar-refractivity contribution is 8.00. The van der Waals surface area contributed by atoms with Crippen LogP contribution < -0.4 is 4.90 Å². The number of anilines is 1. The number of carbonyl (C=O) groups is 1. The summed E-state index contributed by atoms with van der Waals surface area (Å²) in [6, 6.07) is 11.2. The van der Waals surface area contributed by atoms with Crippen molar-refractivity contribution in [1.82, 2.24) is 9.88 Å². The van der Waals surface area contributed by atoms with Crippen LogP contribution in [0.2, 0.25) is 0 Å². The van der Waals surface area contributed by atoms with Crippen LogP contribution in [-0.2, 0) is 9.53 Å². The molecule has 1 aromatic heterocycles. The van der Waals surface area contributed by atoms with E-state index in [-0.39, 0.29) is 5.91 Å². The molecule has 152 valence electrons. The summed E-state index contributed by atoms with van der Waals surface area (Å²) in [4.78, 5) is 23.0. The zero-order chi connectivity index (χ0) is 19.8. The molecule has 2 fully saturated rings. The van der Waals surface area contributed by atoms with E-state index in [4.69, 9.17) is 4.74 Å². The van der Waals surface area contributed by atoms with Gasteiger partial charge in [0, 0.05) is 53.9 Å². The van der Waals surface area contributed by atoms with Crippen LogP contribution in [0.4, 0.5) is 5.69 Å². The van der Waals surface area contributed by atoms with Crippen molar-refractivity contribution in [2.24, 2.45) is 0 Å². The minimum absolute atomic E-state index is 0.197. The standard InChI is InChI=1S/C23H27N3O2S/c1-16-14-28-11-10-25(16)8-9-26-21-12-18(5-7-22(21)29-15-23(26)27)19-4-6-20(24-13-19)17-2-3-17/h4-7,12-13,16-17H,2-3,8-11,14-15H2,1H3. The number of aromatic nitrogens is 1. The first kappa shape index (κ1) is 19.1. The number of hydrogen-bond acceptors (Lipinski definition) is 5. The molecule has 1 saturated heterocycles. The lowest BCUT2D eigenvalue weighted by atomic mass is 10.1. The maximum Gasteiger partial charge on any atom is 0.237 e. The van der Waals surface area contributed by atoms with Gasteiger partial charge in [0.1, 0.15) is 0 Å². The molecule has 3 aliphatic rings. The van der Waals surface area contributed by atoms with E-state index in [2.05, 4.69) is 47.1 Å². The second-order valence-corrected chi connectivity index (χ2v) is 9.24. The Morgan fingerprint density at radius 1 is 1.17 bits per heavy atom. The number of nitrogens with zero attached hydrogens (tertiary/aromatic N) is 3. The monoisotopic (exact) mass is 409 g/mol. The maximum atomic E-state index is 12.7. The largest absolute Gasteiger partial charge is 0.379 e. The smallest absolute Gasteiger partial charge is 0.237 e. The molecule has 5 nitrogen and oxygen atoms in total. The first-order valence-electron chi connectivity index (χ1n) is 10.5. The predicted molar refractivity (Wildman–Crippen MR) is 117 cm³/mol. The van der Waals surface area contributed by atoms with Crippen molar-refractivity contribution in [2.45, 2.75) is 36.6 Å². The quantitative estimate of drug-likeness (QED) is 0.752. The van der Waals surface area contributed by atoms with Crippen molar-refractivity contribution in [3.05, 3.63) is 42.2 Å². The Balaban J connectivity index is 1.37. The fourth-order valence-electron chi connectivity index (χ4n) is 4.15. The fraction of sp³-hybridized carbons (Fsp3) is 0.478. The van der Waals surface area contributed by atoms with Gasteiger partial charge in [-0.15, -0.1) is 11.8 Å². The third kappa shape index (κ3) is 4.06.